The molecule has 0 atom stereocenters. The van der Waals surface area contributed by atoms with E-state index in [1.807, 2.05) is 0 Å². The second-order valence-corrected chi connectivity index (χ2v) is 7.12. The summed E-state index contributed by atoms with van der Waals surface area (Å²) >= 11 is 0. The van der Waals surface area contributed by atoms with Crippen LogP contribution >= 0.6 is 0 Å². The molecule has 0 aliphatic carbocycles. The van der Waals surface area contributed by atoms with Crippen LogP contribution < -0.4 is 0 Å². The zero-order valence-electron chi connectivity index (χ0n) is 16.0. The molecule has 7 nitrogen and oxygen atoms in total. The molecule has 0 saturated carbocycles. The first kappa shape index (κ1) is 20.9. The van der Waals surface area contributed by atoms with Crippen LogP contribution in [0, 0.1) is 0 Å². The Kier molecular flexibility index (Phi) is 6.01. The van der Waals surface area contributed by atoms with Gasteiger partial charge in [0.05, 0.1) is 0 Å². The van der Waals surface area contributed by atoms with Crippen LogP contribution in [0.3, 0.4) is 0 Å². The largest absolute Gasteiger partial charge is 0.508 e. The zero-order chi connectivity index (χ0) is 21.8. The lowest BCUT2D eigenvalue weighted by Gasteiger charge is -2.11. The molecule has 0 aliphatic rings. The van der Waals surface area contributed by atoms with Gasteiger partial charge in [-0.2, -0.15) is 0 Å². The van der Waals surface area contributed by atoms with Gasteiger partial charge in [0.15, 0.2) is 0 Å². The number of hydrogen-bond donors (Lipinski definition) is 6. The van der Waals surface area contributed by atoms with Gasteiger partial charge in [0.2, 0.25) is 0 Å². The summed E-state index contributed by atoms with van der Waals surface area (Å²) in [4.78, 5) is 11.0. The summed E-state index contributed by atoms with van der Waals surface area (Å²) in [5.74, 6) is -1.72. The van der Waals surface area contributed by atoms with Crippen LogP contribution in [0.1, 0.15) is 32.6 Å². The van der Waals surface area contributed by atoms with E-state index in [4.69, 9.17) is 5.11 Å². The number of carboxylic acid groups (broad SMARTS) is 1. The van der Waals surface area contributed by atoms with Crippen molar-refractivity contribution >= 4 is 5.97 Å². The molecule has 7 heteroatoms. The Morgan fingerprint density at radius 1 is 0.600 bits per heavy atom. The van der Waals surface area contributed by atoms with Crippen molar-refractivity contribution in [2.45, 2.75) is 25.7 Å². The molecule has 6 N–H and O–H groups in total. The molecule has 0 saturated heterocycles. The van der Waals surface area contributed by atoms with E-state index in [0.29, 0.717) is 47.9 Å². The fraction of sp³-hybridized carbons (Fsp3) is 0.174. The Labute approximate surface area is 172 Å². The maximum absolute atomic E-state index is 11.0. The number of phenols is 5. The summed E-state index contributed by atoms with van der Waals surface area (Å²) in [7, 11) is 0. The molecule has 0 bridgehead atoms. The van der Waals surface area contributed by atoms with E-state index in [-0.39, 0.29) is 34.3 Å². The number of aryl methyl sites for hydroxylation is 4. The van der Waals surface area contributed by atoms with E-state index in [0.717, 1.165) is 0 Å². The van der Waals surface area contributed by atoms with Crippen LogP contribution in [0.5, 0.6) is 28.7 Å². The third-order valence-corrected chi connectivity index (χ3v) is 4.90. The van der Waals surface area contributed by atoms with Gasteiger partial charge in [-0.05, 0) is 78.3 Å². The Bertz CT molecular complexity index is 1070. The van der Waals surface area contributed by atoms with E-state index < -0.39 is 5.97 Å². The molecule has 3 rings (SSSR count). The lowest BCUT2D eigenvalue weighted by molar-refractivity contribution is 0.0693. The minimum atomic E-state index is -1.21. The smallest absolute Gasteiger partial charge is 0.339 e. The number of aromatic hydroxyl groups is 5. The van der Waals surface area contributed by atoms with Gasteiger partial charge in [0, 0.05) is 12.1 Å². The number of benzene rings is 3. The highest BCUT2D eigenvalue weighted by atomic mass is 16.4. The second kappa shape index (κ2) is 8.65. The van der Waals surface area contributed by atoms with Crippen LogP contribution in [0.4, 0.5) is 0 Å². The van der Waals surface area contributed by atoms with Crippen LogP contribution in [-0.2, 0) is 25.7 Å². The number of phenolic OH excluding ortho intramolecular Hbond substituents is 4. The lowest BCUT2D eigenvalue weighted by Crippen LogP contribution is -1.99. The Hall–Kier alpha value is -3.87. The van der Waals surface area contributed by atoms with Gasteiger partial charge >= 0.3 is 5.97 Å². The van der Waals surface area contributed by atoms with Crippen LogP contribution in [0.25, 0.3) is 0 Å². The summed E-state index contributed by atoms with van der Waals surface area (Å²) < 4.78 is 0. The van der Waals surface area contributed by atoms with Gasteiger partial charge in [-0.25, -0.2) is 4.79 Å². The van der Waals surface area contributed by atoms with E-state index in [9.17, 15) is 30.3 Å². The summed E-state index contributed by atoms with van der Waals surface area (Å²) in [5, 5.41) is 58.3. The molecule has 0 heterocycles. The van der Waals surface area contributed by atoms with Crippen molar-refractivity contribution in [3.05, 3.63) is 76.3 Å². The van der Waals surface area contributed by atoms with Gasteiger partial charge in [0.1, 0.15) is 34.3 Å². The third-order valence-electron chi connectivity index (χ3n) is 4.90. The summed E-state index contributed by atoms with van der Waals surface area (Å²) in [6, 6.07) is 11.6. The van der Waals surface area contributed by atoms with Gasteiger partial charge in [-0.3, -0.25) is 0 Å². The fourth-order valence-electron chi connectivity index (χ4n) is 3.35. The van der Waals surface area contributed by atoms with E-state index in [1.165, 1.54) is 36.4 Å². The van der Waals surface area contributed by atoms with Gasteiger partial charge in [-0.1, -0.05) is 6.07 Å². The minimum Gasteiger partial charge on any atom is -0.508 e. The predicted octanol–water partition coefficient (Wildman–Crippen LogP) is 3.48. The van der Waals surface area contributed by atoms with Crippen molar-refractivity contribution in [1.82, 2.24) is 0 Å². The molecule has 3 aromatic rings. The first-order valence-electron chi connectivity index (χ1n) is 9.33. The van der Waals surface area contributed by atoms with Crippen molar-refractivity contribution in [1.29, 1.82) is 0 Å². The van der Waals surface area contributed by atoms with Crippen LogP contribution in [0.2, 0.25) is 0 Å². The molecular formula is C23H22O7. The maximum atomic E-state index is 11.0. The van der Waals surface area contributed by atoms with Crippen LogP contribution in [0.15, 0.2) is 48.5 Å². The molecule has 0 fully saturated rings. The molecule has 156 valence electrons. The topological polar surface area (TPSA) is 138 Å². The van der Waals surface area contributed by atoms with E-state index >= 15 is 0 Å². The normalized spacial score (nSPS) is 10.8. The SMILES string of the molecule is O=C(O)c1ccc(CCc2cc(CCc3cc(O)cc(O)c3)c(O)cc2O)cc1O. The molecule has 30 heavy (non-hydrogen) atoms. The highest BCUT2D eigenvalue weighted by Gasteiger charge is 2.12. The molecule has 3 aromatic carbocycles. The standard InChI is InChI=1S/C23H22O7/c24-17-7-14(8-18(25)11-17)2-5-16-10-15(20(26)12-21(16)27)4-1-13-3-6-19(23(29)30)22(28)9-13/h3,6-12,24-28H,1-2,4-5H2,(H,29,30). The van der Waals surface area contributed by atoms with Gasteiger partial charge < -0.3 is 30.6 Å². The first-order valence-corrected chi connectivity index (χ1v) is 9.33. The number of rotatable bonds is 7. The highest BCUT2D eigenvalue weighted by Crippen LogP contribution is 2.30. The average Bonchev–Trinajstić information content (AvgIpc) is 2.65. The quantitative estimate of drug-likeness (QED) is 0.351. The summed E-state index contributed by atoms with van der Waals surface area (Å²) in [6.45, 7) is 0. The zero-order valence-corrected chi connectivity index (χ0v) is 16.0. The predicted molar refractivity (Wildman–Crippen MR) is 109 cm³/mol. The van der Waals surface area contributed by atoms with Gasteiger partial charge in [0.25, 0.3) is 0 Å². The minimum absolute atomic E-state index is 0.0437. The number of hydrogen-bond acceptors (Lipinski definition) is 6. The van der Waals surface area contributed by atoms with Crippen molar-refractivity contribution in [3.63, 3.8) is 0 Å². The van der Waals surface area contributed by atoms with Gasteiger partial charge in [-0.15, -0.1) is 0 Å². The fourth-order valence-corrected chi connectivity index (χ4v) is 3.35. The molecule has 0 aromatic heterocycles. The number of aromatic carboxylic acids is 1. The molecule has 0 radical (unpaired) electrons. The first-order chi connectivity index (χ1) is 14.2. The van der Waals surface area contributed by atoms with Crippen molar-refractivity contribution < 1.29 is 35.4 Å². The monoisotopic (exact) mass is 410 g/mol. The molecule has 0 unspecified atom stereocenters. The Morgan fingerprint density at radius 3 is 1.70 bits per heavy atom. The molecule has 0 aliphatic heterocycles. The molecular weight excluding hydrogens is 388 g/mol. The summed E-state index contributed by atoms with van der Waals surface area (Å²) in [5.41, 5.74) is 2.45. The lowest BCUT2D eigenvalue weighted by atomic mass is 9.97. The van der Waals surface area contributed by atoms with Crippen molar-refractivity contribution in [3.8, 4) is 28.7 Å². The molecule has 0 amide bonds. The van der Waals surface area contributed by atoms with Crippen molar-refractivity contribution in [2.24, 2.45) is 0 Å². The second-order valence-electron chi connectivity index (χ2n) is 7.12. The Morgan fingerprint density at radius 2 is 1.17 bits per heavy atom. The van der Waals surface area contributed by atoms with E-state index in [1.54, 1.807) is 12.1 Å². The average molecular weight is 410 g/mol. The summed E-state index contributed by atoms with van der Waals surface area (Å²) in [6.07, 6.45) is 1.75. The molecule has 0 spiro atoms. The highest BCUT2D eigenvalue weighted by molar-refractivity contribution is 5.90. The Balaban J connectivity index is 1.73. The maximum Gasteiger partial charge on any atom is 0.339 e. The number of carbonyl (C=O) groups is 1. The third kappa shape index (κ3) is 4.94. The van der Waals surface area contributed by atoms with Crippen molar-refractivity contribution in [2.75, 3.05) is 0 Å². The van der Waals surface area contributed by atoms with Crippen LogP contribution in [-0.4, -0.2) is 36.6 Å². The number of carboxylic acids is 1. The van der Waals surface area contributed by atoms with E-state index in [2.05, 4.69) is 0 Å².